The smallest absolute Gasteiger partial charge is 0.171 e. The van der Waals surface area contributed by atoms with Crippen LogP contribution in [0.25, 0.3) is 0 Å². The Bertz CT molecular complexity index is 637. The molecule has 0 aliphatic carbocycles. The van der Waals surface area contributed by atoms with E-state index in [1.165, 1.54) is 18.2 Å². The van der Waals surface area contributed by atoms with Crippen LogP contribution in [-0.4, -0.2) is 21.1 Å². The Morgan fingerprint density at radius 2 is 1.68 bits per heavy atom. The van der Waals surface area contributed by atoms with Gasteiger partial charge in [0.05, 0.1) is 5.56 Å². The second-order valence-corrected chi connectivity index (χ2v) is 4.09. The van der Waals surface area contributed by atoms with Crippen molar-refractivity contribution in [2.75, 3.05) is 0 Å². The fourth-order valence-corrected chi connectivity index (χ4v) is 1.72. The standard InChI is InChI=1S/C14H11FO4/c15-9-3-1-2-8(4-9)5-11(16)10-6-13(18)14(19)7-12(10)17/h1-4,6-7,17-19H,5H2. The molecule has 0 aromatic heterocycles. The number of aromatic hydroxyl groups is 3. The van der Waals surface area contributed by atoms with Gasteiger partial charge in [-0.3, -0.25) is 4.79 Å². The molecule has 3 N–H and O–H groups in total. The molecule has 19 heavy (non-hydrogen) atoms. The molecule has 0 atom stereocenters. The van der Waals surface area contributed by atoms with Gasteiger partial charge in [0.15, 0.2) is 17.3 Å². The van der Waals surface area contributed by atoms with Crippen molar-refractivity contribution in [3.05, 3.63) is 53.3 Å². The van der Waals surface area contributed by atoms with E-state index in [1.54, 1.807) is 6.07 Å². The van der Waals surface area contributed by atoms with Crippen molar-refractivity contribution >= 4 is 5.78 Å². The van der Waals surface area contributed by atoms with Gasteiger partial charge in [0.2, 0.25) is 0 Å². The van der Waals surface area contributed by atoms with Crippen molar-refractivity contribution in [1.82, 2.24) is 0 Å². The topological polar surface area (TPSA) is 77.8 Å². The van der Waals surface area contributed by atoms with Gasteiger partial charge in [-0.05, 0) is 23.8 Å². The number of hydrogen-bond donors (Lipinski definition) is 3. The Labute approximate surface area is 108 Å². The molecule has 0 aliphatic rings. The van der Waals surface area contributed by atoms with Crippen LogP contribution in [0.1, 0.15) is 15.9 Å². The first-order chi connectivity index (χ1) is 8.97. The summed E-state index contributed by atoms with van der Waals surface area (Å²) in [6.07, 6.45) is -0.116. The van der Waals surface area contributed by atoms with Gasteiger partial charge in [0.1, 0.15) is 11.6 Å². The minimum atomic E-state index is -0.514. The van der Waals surface area contributed by atoms with E-state index in [2.05, 4.69) is 0 Å². The van der Waals surface area contributed by atoms with Crippen LogP contribution >= 0.6 is 0 Å². The number of phenolic OH excluding ortho intramolecular Hbond substituents is 3. The predicted octanol–water partition coefficient (Wildman–Crippen LogP) is 2.37. The molecule has 0 amide bonds. The largest absolute Gasteiger partial charge is 0.507 e. The summed E-state index contributed by atoms with van der Waals surface area (Å²) in [4.78, 5) is 11.9. The number of carbonyl (C=O) groups excluding carboxylic acids is 1. The van der Waals surface area contributed by atoms with E-state index in [1.807, 2.05) is 0 Å². The van der Waals surface area contributed by atoms with E-state index >= 15 is 0 Å². The van der Waals surface area contributed by atoms with E-state index in [0.717, 1.165) is 12.1 Å². The average molecular weight is 262 g/mol. The van der Waals surface area contributed by atoms with Crippen LogP contribution in [0.3, 0.4) is 0 Å². The number of hydrogen-bond acceptors (Lipinski definition) is 4. The van der Waals surface area contributed by atoms with Crippen LogP contribution < -0.4 is 0 Å². The zero-order valence-electron chi connectivity index (χ0n) is 9.80. The number of carbonyl (C=O) groups is 1. The lowest BCUT2D eigenvalue weighted by atomic mass is 10.0. The van der Waals surface area contributed by atoms with E-state index < -0.39 is 28.8 Å². The quantitative estimate of drug-likeness (QED) is 0.451. The lowest BCUT2D eigenvalue weighted by molar-refractivity contribution is 0.0990. The molecular formula is C14H11FO4. The normalized spacial score (nSPS) is 10.4. The van der Waals surface area contributed by atoms with Crippen molar-refractivity contribution in [1.29, 1.82) is 0 Å². The molecule has 0 fully saturated rings. The molecule has 0 radical (unpaired) electrons. The minimum absolute atomic E-state index is 0.116. The number of phenols is 3. The number of ketones is 1. The van der Waals surface area contributed by atoms with E-state index in [4.69, 9.17) is 5.11 Å². The molecule has 2 rings (SSSR count). The van der Waals surface area contributed by atoms with Gasteiger partial charge in [-0.2, -0.15) is 0 Å². The highest BCUT2D eigenvalue weighted by molar-refractivity contribution is 6.00. The van der Waals surface area contributed by atoms with Crippen LogP contribution in [0.4, 0.5) is 4.39 Å². The van der Waals surface area contributed by atoms with Gasteiger partial charge in [-0.1, -0.05) is 12.1 Å². The van der Waals surface area contributed by atoms with Gasteiger partial charge < -0.3 is 15.3 Å². The fraction of sp³-hybridized carbons (Fsp3) is 0.0714. The Balaban J connectivity index is 2.28. The van der Waals surface area contributed by atoms with E-state index in [9.17, 15) is 19.4 Å². The number of benzene rings is 2. The lowest BCUT2D eigenvalue weighted by Gasteiger charge is -2.06. The summed E-state index contributed by atoms with van der Waals surface area (Å²) in [5.74, 6) is -2.39. The molecule has 0 heterocycles. The predicted molar refractivity (Wildman–Crippen MR) is 65.9 cm³/mol. The molecule has 0 saturated carbocycles. The van der Waals surface area contributed by atoms with E-state index in [-0.39, 0.29) is 12.0 Å². The van der Waals surface area contributed by atoms with Gasteiger partial charge in [-0.15, -0.1) is 0 Å². The highest BCUT2D eigenvalue weighted by Crippen LogP contribution is 2.32. The molecule has 5 heteroatoms. The fourth-order valence-electron chi connectivity index (χ4n) is 1.72. The van der Waals surface area contributed by atoms with E-state index in [0.29, 0.717) is 5.56 Å². The maximum Gasteiger partial charge on any atom is 0.171 e. The first-order valence-corrected chi connectivity index (χ1v) is 5.50. The highest BCUT2D eigenvalue weighted by Gasteiger charge is 2.15. The number of rotatable bonds is 3. The van der Waals surface area contributed by atoms with Gasteiger partial charge >= 0.3 is 0 Å². The summed E-state index contributed by atoms with van der Waals surface area (Å²) in [6.45, 7) is 0. The third-order valence-corrected chi connectivity index (χ3v) is 2.65. The summed E-state index contributed by atoms with van der Waals surface area (Å²) in [5, 5.41) is 28.0. The second kappa shape index (κ2) is 4.97. The summed E-state index contributed by atoms with van der Waals surface area (Å²) in [7, 11) is 0. The Morgan fingerprint density at radius 3 is 2.37 bits per heavy atom. The van der Waals surface area contributed by atoms with Crippen molar-refractivity contribution in [3.63, 3.8) is 0 Å². The SMILES string of the molecule is O=C(Cc1cccc(F)c1)c1cc(O)c(O)cc1O. The molecule has 2 aromatic rings. The first kappa shape index (κ1) is 12.9. The first-order valence-electron chi connectivity index (χ1n) is 5.50. The maximum absolute atomic E-state index is 13.0. The third-order valence-electron chi connectivity index (χ3n) is 2.65. The zero-order valence-corrected chi connectivity index (χ0v) is 9.80. The summed E-state index contributed by atoms with van der Waals surface area (Å²) in [6, 6.07) is 7.40. The molecule has 0 spiro atoms. The summed E-state index contributed by atoms with van der Waals surface area (Å²) in [5.41, 5.74) is 0.330. The van der Waals surface area contributed by atoms with Gasteiger partial charge in [0, 0.05) is 12.5 Å². The molecule has 0 bridgehead atoms. The lowest BCUT2D eigenvalue weighted by Crippen LogP contribution is -2.04. The van der Waals surface area contributed by atoms with Crippen LogP contribution in [0.15, 0.2) is 36.4 Å². The Hall–Kier alpha value is -2.56. The number of Topliss-reactive ketones (excluding diaryl/α,β-unsaturated/α-hetero) is 1. The maximum atomic E-state index is 13.0. The van der Waals surface area contributed by atoms with Crippen molar-refractivity contribution in [2.45, 2.75) is 6.42 Å². The van der Waals surface area contributed by atoms with Crippen molar-refractivity contribution in [2.24, 2.45) is 0 Å². The Morgan fingerprint density at radius 1 is 1.00 bits per heavy atom. The zero-order chi connectivity index (χ0) is 14.0. The van der Waals surface area contributed by atoms with Crippen molar-refractivity contribution in [3.8, 4) is 17.2 Å². The molecule has 2 aromatic carbocycles. The van der Waals surface area contributed by atoms with Crippen LogP contribution in [0, 0.1) is 5.82 Å². The van der Waals surface area contributed by atoms with Gasteiger partial charge in [-0.25, -0.2) is 4.39 Å². The minimum Gasteiger partial charge on any atom is -0.507 e. The highest BCUT2D eigenvalue weighted by atomic mass is 19.1. The molecule has 98 valence electrons. The molecule has 0 unspecified atom stereocenters. The summed E-state index contributed by atoms with van der Waals surface area (Å²) >= 11 is 0. The van der Waals surface area contributed by atoms with Crippen molar-refractivity contribution < 1.29 is 24.5 Å². The summed E-state index contributed by atoms with van der Waals surface area (Å²) < 4.78 is 13.0. The van der Waals surface area contributed by atoms with Crippen LogP contribution in [-0.2, 0) is 6.42 Å². The third kappa shape index (κ3) is 2.82. The molecule has 0 aliphatic heterocycles. The molecular weight excluding hydrogens is 251 g/mol. The van der Waals surface area contributed by atoms with Gasteiger partial charge in [0.25, 0.3) is 0 Å². The second-order valence-electron chi connectivity index (χ2n) is 4.09. The average Bonchev–Trinajstić information content (AvgIpc) is 2.33. The molecule has 0 saturated heterocycles. The van der Waals surface area contributed by atoms with Crippen LogP contribution in [0.2, 0.25) is 0 Å². The van der Waals surface area contributed by atoms with Crippen LogP contribution in [0.5, 0.6) is 17.2 Å². The monoisotopic (exact) mass is 262 g/mol. The Kier molecular flexibility index (Phi) is 3.37. The molecule has 4 nitrogen and oxygen atoms in total. The number of halogens is 1.